The van der Waals surface area contributed by atoms with Crippen molar-refractivity contribution < 1.29 is 9.90 Å². The number of anilines is 2. The lowest BCUT2D eigenvalue weighted by molar-refractivity contribution is 0.0698. The number of aryl methyl sites for hydroxylation is 1. The molecule has 0 heterocycles. The number of carbonyl (C=O) groups is 1. The molecular formula is C21H21NO2. The van der Waals surface area contributed by atoms with Crippen LogP contribution in [-0.4, -0.2) is 11.1 Å². The number of rotatable bonds is 6. The Morgan fingerprint density at radius 1 is 0.917 bits per heavy atom. The number of aromatic carboxylic acids is 1. The Labute approximate surface area is 142 Å². The van der Waals surface area contributed by atoms with Gasteiger partial charge in [0.05, 0.1) is 11.3 Å². The highest BCUT2D eigenvalue weighted by Gasteiger charge is 2.11. The summed E-state index contributed by atoms with van der Waals surface area (Å²) >= 11 is 0. The number of benzene rings is 3. The normalized spacial score (nSPS) is 10.7. The second-order valence-electron chi connectivity index (χ2n) is 5.90. The molecular weight excluding hydrogens is 298 g/mol. The first-order chi connectivity index (χ1) is 11.7. The van der Waals surface area contributed by atoms with E-state index in [4.69, 9.17) is 0 Å². The molecule has 3 nitrogen and oxygen atoms in total. The average Bonchev–Trinajstić information content (AvgIpc) is 2.61. The van der Waals surface area contributed by atoms with Crippen LogP contribution in [0.5, 0.6) is 0 Å². The highest BCUT2D eigenvalue weighted by molar-refractivity contribution is 6.00. The van der Waals surface area contributed by atoms with Gasteiger partial charge in [-0.05, 0) is 42.0 Å². The van der Waals surface area contributed by atoms with Crippen LogP contribution in [0, 0.1) is 0 Å². The molecule has 0 unspecified atom stereocenters. The van der Waals surface area contributed by atoms with E-state index < -0.39 is 5.97 Å². The molecule has 0 atom stereocenters. The molecule has 0 saturated carbocycles. The van der Waals surface area contributed by atoms with Crippen molar-refractivity contribution in [2.75, 3.05) is 5.32 Å². The molecule has 3 heteroatoms. The third kappa shape index (κ3) is 3.25. The number of carboxylic acids is 1. The lowest BCUT2D eigenvalue weighted by Crippen LogP contribution is -2.03. The molecule has 0 spiro atoms. The van der Waals surface area contributed by atoms with Gasteiger partial charge >= 0.3 is 5.97 Å². The van der Waals surface area contributed by atoms with E-state index in [0.717, 1.165) is 17.5 Å². The van der Waals surface area contributed by atoms with Crippen molar-refractivity contribution in [3.63, 3.8) is 0 Å². The Bertz CT molecular complexity index is 871. The van der Waals surface area contributed by atoms with Gasteiger partial charge in [0.2, 0.25) is 0 Å². The Kier molecular flexibility index (Phi) is 4.80. The molecule has 0 radical (unpaired) electrons. The number of para-hydroxylation sites is 1. The van der Waals surface area contributed by atoms with Crippen LogP contribution < -0.4 is 5.32 Å². The van der Waals surface area contributed by atoms with Crippen molar-refractivity contribution in [2.24, 2.45) is 0 Å². The molecule has 0 amide bonds. The minimum absolute atomic E-state index is 0.275. The molecule has 0 saturated heterocycles. The van der Waals surface area contributed by atoms with Gasteiger partial charge in [0.15, 0.2) is 0 Å². The van der Waals surface area contributed by atoms with Crippen molar-refractivity contribution in [1.29, 1.82) is 0 Å². The number of fused-ring (bicyclic) bond motifs is 1. The van der Waals surface area contributed by atoms with Crippen molar-refractivity contribution in [3.05, 3.63) is 71.8 Å². The van der Waals surface area contributed by atoms with E-state index in [1.54, 1.807) is 18.2 Å². The smallest absolute Gasteiger partial charge is 0.337 e. The van der Waals surface area contributed by atoms with Gasteiger partial charge in [-0.25, -0.2) is 4.79 Å². The van der Waals surface area contributed by atoms with Crippen LogP contribution in [0.3, 0.4) is 0 Å². The van der Waals surface area contributed by atoms with Gasteiger partial charge in [-0.1, -0.05) is 55.8 Å². The molecule has 0 bridgehead atoms. The first kappa shape index (κ1) is 16.1. The van der Waals surface area contributed by atoms with Crippen LogP contribution >= 0.6 is 0 Å². The predicted octanol–water partition coefficient (Wildman–Crippen LogP) is 5.62. The summed E-state index contributed by atoms with van der Waals surface area (Å²) < 4.78 is 0. The highest BCUT2D eigenvalue weighted by Crippen LogP contribution is 2.31. The van der Waals surface area contributed by atoms with Crippen LogP contribution in [0.2, 0.25) is 0 Å². The third-order valence-electron chi connectivity index (χ3n) is 4.24. The first-order valence-electron chi connectivity index (χ1n) is 8.30. The summed E-state index contributed by atoms with van der Waals surface area (Å²) in [5.74, 6) is -0.929. The van der Waals surface area contributed by atoms with Gasteiger partial charge in [0.25, 0.3) is 0 Å². The maximum absolute atomic E-state index is 11.4. The van der Waals surface area contributed by atoms with Crippen molar-refractivity contribution >= 4 is 28.1 Å². The van der Waals surface area contributed by atoms with Gasteiger partial charge in [-0.15, -0.1) is 0 Å². The van der Waals surface area contributed by atoms with Crippen molar-refractivity contribution in [2.45, 2.75) is 26.2 Å². The fourth-order valence-electron chi connectivity index (χ4n) is 2.98. The third-order valence-corrected chi connectivity index (χ3v) is 4.24. The summed E-state index contributed by atoms with van der Waals surface area (Å²) in [4.78, 5) is 11.4. The molecule has 3 aromatic rings. The lowest BCUT2D eigenvalue weighted by atomic mass is 9.98. The SMILES string of the molecule is CCCCc1ccc(Nc2ccccc2C(=O)O)c2ccccc12. The zero-order valence-corrected chi connectivity index (χ0v) is 13.8. The molecule has 0 aliphatic heterocycles. The number of carboxylic acid groups (broad SMARTS) is 1. The largest absolute Gasteiger partial charge is 0.478 e. The maximum atomic E-state index is 11.4. The van der Waals surface area contributed by atoms with Crippen LogP contribution in [0.1, 0.15) is 35.7 Å². The fraction of sp³-hybridized carbons (Fsp3) is 0.190. The topological polar surface area (TPSA) is 49.3 Å². The molecule has 3 aromatic carbocycles. The van der Waals surface area contributed by atoms with E-state index in [9.17, 15) is 9.90 Å². The standard InChI is InChI=1S/C21H21NO2/c1-2-3-8-15-13-14-20(17-10-5-4-9-16(15)17)22-19-12-7-6-11-18(19)21(23)24/h4-7,9-14,22H,2-3,8H2,1H3,(H,23,24). The zero-order chi connectivity index (χ0) is 16.9. The van der Waals surface area contributed by atoms with Crippen LogP contribution in [0.4, 0.5) is 11.4 Å². The van der Waals surface area contributed by atoms with Gasteiger partial charge in [-0.3, -0.25) is 0 Å². The summed E-state index contributed by atoms with van der Waals surface area (Å²) in [5, 5.41) is 15.0. The molecule has 0 aliphatic rings. The molecule has 0 aliphatic carbocycles. The van der Waals surface area contributed by atoms with Crippen molar-refractivity contribution in [3.8, 4) is 0 Å². The first-order valence-corrected chi connectivity index (χ1v) is 8.30. The second kappa shape index (κ2) is 7.18. The number of unbranched alkanes of at least 4 members (excludes halogenated alkanes) is 1. The fourth-order valence-corrected chi connectivity index (χ4v) is 2.98. The number of hydrogen-bond donors (Lipinski definition) is 2. The Morgan fingerprint density at radius 2 is 1.62 bits per heavy atom. The minimum atomic E-state index is -0.929. The predicted molar refractivity (Wildman–Crippen MR) is 99.2 cm³/mol. The van der Waals surface area contributed by atoms with Gasteiger partial charge < -0.3 is 10.4 Å². The Hall–Kier alpha value is -2.81. The maximum Gasteiger partial charge on any atom is 0.337 e. The minimum Gasteiger partial charge on any atom is -0.478 e. The number of hydrogen-bond acceptors (Lipinski definition) is 2. The van der Waals surface area contributed by atoms with Crippen molar-refractivity contribution in [1.82, 2.24) is 0 Å². The van der Waals surface area contributed by atoms with E-state index in [1.165, 1.54) is 23.8 Å². The van der Waals surface area contributed by atoms with Gasteiger partial charge in [0.1, 0.15) is 0 Å². The quantitative estimate of drug-likeness (QED) is 0.619. The summed E-state index contributed by atoms with van der Waals surface area (Å²) in [7, 11) is 0. The number of nitrogens with one attached hydrogen (secondary N) is 1. The van der Waals surface area contributed by atoms with E-state index in [-0.39, 0.29) is 5.56 Å². The monoisotopic (exact) mass is 319 g/mol. The zero-order valence-electron chi connectivity index (χ0n) is 13.8. The Morgan fingerprint density at radius 3 is 2.38 bits per heavy atom. The van der Waals surface area contributed by atoms with E-state index in [2.05, 4.69) is 30.4 Å². The summed E-state index contributed by atoms with van der Waals surface area (Å²) in [6.45, 7) is 2.20. The molecule has 3 rings (SSSR count). The van der Waals surface area contributed by atoms with Gasteiger partial charge in [0, 0.05) is 11.1 Å². The summed E-state index contributed by atoms with van der Waals surface area (Å²) in [6, 6.07) is 19.5. The van der Waals surface area contributed by atoms with E-state index in [0.29, 0.717) is 5.69 Å². The summed E-state index contributed by atoms with van der Waals surface area (Å²) in [6.07, 6.45) is 3.39. The van der Waals surface area contributed by atoms with Crippen LogP contribution in [-0.2, 0) is 6.42 Å². The molecule has 0 aromatic heterocycles. The summed E-state index contributed by atoms with van der Waals surface area (Å²) in [5.41, 5.74) is 3.15. The van der Waals surface area contributed by atoms with Crippen LogP contribution in [0.15, 0.2) is 60.7 Å². The average molecular weight is 319 g/mol. The second-order valence-corrected chi connectivity index (χ2v) is 5.90. The highest BCUT2D eigenvalue weighted by atomic mass is 16.4. The lowest BCUT2D eigenvalue weighted by Gasteiger charge is -2.14. The van der Waals surface area contributed by atoms with E-state index >= 15 is 0 Å². The molecule has 0 fully saturated rings. The van der Waals surface area contributed by atoms with Crippen LogP contribution in [0.25, 0.3) is 10.8 Å². The molecule has 122 valence electrons. The van der Waals surface area contributed by atoms with E-state index in [1.807, 2.05) is 24.3 Å². The van der Waals surface area contributed by atoms with Gasteiger partial charge in [-0.2, -0.15) is 0 Å². The molecule has 24 heavy (non-hydrogen) atoms. The Balaban J connectivity index is 2.04. The molecule has 2 N–H and O–H groups in total.